The van der Waals surface area contributed by atoms with Gasteiger partial charge in [-0.3, -0.25) is 20.4 Å². The second kappa shape index (κ2) is 8.86. The summed E-state index contributed by atoms with van der Waals surface area (Å²) in [6, 6.07) is 13.4. The average Bonchev–Trinajstić information content (AvgIpc) is 3.02. The highest BCUT2D eigenvalue weighted by atomic mass is 35.5. The number of amides is 2. The minimum atomic E-state index is -1.00. The Labute approximate surface area is 169 Å². The van der Waals surface area contributed by atoms with Gasteiger partial charge < -0.3 is 4.74 Å². The van der Waals surface area contributed by atoms with Gasteiger partial charge in [0.2, 0.25) is 0 Å². The fourth-order valence-corrected chi connectivity index (χ4v) is 3.74. The molecular weight excluding hydrogens is 403 g/mol. The van der Waals surface area contributed by atoms with E-state index in [1.165, 1.54) is 42.5 Å². The molecule has 2 amide bonds. The molecule has 1 aromatic heterocycles. The summed E-state index contributed by atoms with van der Waals surface area (Å²) in [6.07, 6.45) is 1.84. The first-order valence-corrected chi connectivity index (χ1v) is 9.51. The minimum absolute atomic E-state index is 0.0456. The Morgan fingerprint density at radius 3 is 2.61 bits per heavy atom. The van der Waals surface area contributed by atoms with Crippen LogP contribution in [0.5, 0.6) is 5.75 Å². The molecule has 28 heavy (non-hydrogen) atoms. The third kappa shape index (κ3) is 4.68. The Kier molecular flexibility index (Phi) is 6.28. The first-order chi connectivity index (χ1) is 13.5. The van der Waals surface area contributed by atoms with Gasteiger partial charge >= 0.3 is 0 Å². The highest BCUT2D eigenvalue weighted by molar-refractivity contribution is 7.20. The maximum atomic E-state index is 13.6. The van der Waals surface area contributed by atoms with Gasteiger partial charge in [0.05, 0.1) is 5.02 Å². The van der Waals surface area contributed by atoms with E-state index in [2.05, 4.69) is 10.9 Å². The van der Waals surface area contributed by atoms with E-state index in [1.807, 2.05) is 24.3 Å². The number of fused-ring (bicyclic) bond motifs is 1. The monoisotopic (exact) mass is 418 g/mol. The molecule has 1 atom stereocenters. The summed E-state index contributed by atoms with van der Waals surface area (Å²) in [6.45, 7) is 1.45. The van der Waals surface area contributed by atoms with Gasteiger partial charge in [0.25, 0.3) is 11.8 Å². The zero-order chi connectivity index (χ0) is 20.1. The van der Waals surface area contributed by atoms with Crippen molar-refractivity contribution in [2.75, 3.05) is 0 Å². The Hall–Kier alpha value is -2.90. The van der Waals surface area contributed by atoms with Crippen LogP contribution in [-0.2, 0) is 9.59 Å². The van der Waals surface area contributed by atoms with Gasteiger partial charge in [-0.2, -0.15) is 0 Å². The number of hydrogen-bond acceptors (Lipinski definition) is 4. The van der Waals surface area contributed by atoms with Crippen LogP contribution in [0.2, 0.25) is 5.02 Å². The molecule has 0 saturated heterocycles. The summed E-state index contributed by atoms with van der Waals surface area (Å²) >= 11 is 7.77. The Morgan fingerprint density at radius 2 is 1.86 bits per heavy atom. The van der Waals surface area contributed by atoms with Gasteiger partial charge in [-0.05, 0) is 31.2 Å². The molecule has 0 aliphatic rings. The van der Waals surface area contributed by atoms with E-state index in [0.29, 0.717) is 5.02 Å². The standard InChI is InChI=1S/C20H16ClFN2O3S/c1-12(27-15-8-4-3-7-14(15)22)20(26)24-23-18(25)11-10-17-19(21)13-6-2-5-9-16(13)28-17/h2-12H,1H3,(H,23,25)(H,24,26)/b11-10+. The van der Waals surface area contributed by atoms with Crippen LogP contribution in [0.15, 0.2) is 54.6 Å². The topological polar surface area (TPSA) is 67.4 Å². The third-order valence-electron chi connectivity index (χ3n) is 3.76. The van der Waals surface area contributed by atoms with E-state index in [0.717, 1.165) is 15.0 Å². The Morgan fingerprint density at radius 1 is 1.14 bits per heavy atom. The molecule has 0 spiro atoms. The van der Waals surface area contributed by atoms with Crippen molar-refractivity contribution in [2.24, 2.45) is 0 Å². The highest BCUT2D eigenvalue weighted by Crippen LogP contribution is 2.35. The largest absolute Gasteiger partial charge is 0.478 e. The molecule has 3 rings (SSSR count). The van der Waals surface area contributed by atoms with Gasteiger partial charge in [0.1, 0.15) is 0 Å². The Bertz CT molecular complexity index is 1050. The number of hydrogen-bond donors (Lipinski definition) is 2. The van der Waals surface area contributed by atoms with Gasteiger partial charge in [0, 0.05) is 21.0 Å². The molecule has 0 radical (unpaired) electrons. The van der Waals surface area contributed by atoms with Crippen LogP contribution in [0.25, 0.3) is 16.2 Å². The van der Waals surface area contributed by atoms with Crippen molar-refractivity contribution in [1.29, 1.82) is 0 Å². The molecule has 0 fully saturated rings. The number of rotatable bonds is 5. The van der Waals surface area contributed by atoms with Gasteiger partial charge in [-0.1, -0.05) is 41.9 Å². The van der Waals surface area contributed by atoms with E-state index >= 15 is 0 Å². The van der Waals surface area contributed by atoms with Crippen molar-refractivity contribution in [2.45, 2.75) is 13.0 Å². The summed E-state index contributed by atoms with van der Waals surface area (Å²) < 4.78 is 19.8. The van der Waals surface area contributed by atoms with E-state index in [-0.39, 0.29) is 5.75 Å². The van der Waals surface area contributed by atoms with Crippen LogP contribution in [0.3, 0.4) is 0 Å². The quantitative estimate of drug-likeness (QED) is 0.479. The lowest BCUT2D eigenvalue weighted by molar-refractivity contribution is -0.131. The molecule has 2 N–H and O–H groups in total. The van der Waals surface area contributed by atoms with Crippen molar-refractivity contribution in [3.05, 3.63) is 70.3 Å². The van der Waals surface area contributed by atoms with Crippen molar-refractivity contribution >= 4 is 50.9 Å². The second-order valence-electron chi connectivity index (χ2n) is 5.78. The molecule has 0 aliphatic heterocycles. The number of nitrogens with one attached hydrogen (secondary N) is 2. The average molecular weight is 419 g/mol. The minimum Gasteiger partial charge on any atom is -0.478 e. The highest BCUT2D eigenvalue weighted by Gasteiger charge is 2.16. The Balaban J connectivity index is 1.54. The molecule has 0 saturated carbocycles. The van der Waals surface area contributed by atoms with Gasteiger partial charge in [-0.15, -0.1) is 11.3 Å². The predicted octanol–water partition coefficient (Wildman–Crippen LogP) is 4.32. The summed E-state index contributed by atoms with van der Waals surface area (Å²) in [5.41, 5.74) is 4.48. The van der Waals surface area contributed by atoms with E-state index in [9.17, 15) is 14.0 Å². The lowest BCUT2D eigenvalue weighted by Gasteiger charge is -2.15. The second-order valence-corrected chi connectivity index (χ2v) is 7.24. The SMILES string of the molecule is CC(Oc1ccccc1F)C(=O)NNC(=O)/C=C/c1sc2ccccc2c1Cl. The normalized spacial score (nSPS) is 12.1. The number of carbonyl (C=O) groups is 2. The lowest BCUT2D eigenvalue weighted by Crippen LogP contribution is -2.46. The zero-order valence-corrected chi connectivity index (χ0v) is 16.3. The number of carbonyl (C=O) groups excluding carboxylic acids is 2. The summed E-state index contributed by atoms with van der Waals surface area (Å²) in [5, 5.41) is 1.49. The fourth-order valence-electron chi connectivity index (χ4n) is 2.34. The first-order valence-electron chi connectivity index (χ1n) is 8.32. The van der Waals surface area contributed by atoms with Gasteiger partial charge in [-0.25, -0.2) is 4.39 Å². The number of thiophene rings is 1. The first kappa shape index (κ1) is 19.9. The molecule has 0 bridgehead atoms. The number of para-hydroxylation sites is 1. The summed E-state index contributed by atoms with van der Waals surface area (Å²) in [4.78, 5) is 24.7. The molecule has 3 aromatic rings. The predicted molar refractivity (Wildman–Crippen MR) is 109 cm³/mol. The zero-order valence-electron chi connectivity index (χ0n) is 14.7. The van der Waals surface area contributed by atoms with Crippen LogP contribution in [-0.4, -0.2) is 17.9 Å². The molecular formula is C20H16ClFN2O3S. The molecule has 1 heterocycles. The summed E-state index contributed by atoms with van der Waals surface area (Å²) in [5.74, 6) is -1.78. The molecule has 0 aliphatic carbocycles. The van der Waals surface area contributed by atoms with Crippen molar-refractivity contribution in [3.63, 3.8) is 0 Å². The lowest BCUT2D eigenvalue weighted by atomic mass is 10.2. The number of hydrazine groups is 1. The number of halogens is 2. The maximum Gasteiger partial charge on any atom is 0.279 e. The number of ether oxygens (including phenoxy) is 1. The van der Waals surface area contributed by atoms with Crippen molar-refractivity contribution < 1.29 is 18.7 Å². The van der Waals surface area contributed by atoms with Crippen LogP contribution in [0.1, 0.15) is 11.8 Å². The summed E-state index contributed by atoms with van der Waals surface area (Å²) in [7, 11) is 0. The van der Waals surface area contributed by atoms with Gasteiger partial charge in [0.15, 0.2) is 17.7 Å². The fraction of sp³-hybridized carbons (Fsp3) is 0.100. The van der Waals surface area contributed by atoms with Crippen LogP contribution in [0.4, 0.5) is 4.39 Å². The molecule has 144 valence electrons. The molecule has 8 heteroatoms. The van der Waals surface area contributed by atoms with E-state index in [1.54, 1.807) is 12.1 Å². The third-order valence-corrected chi connectivity index (χ3v) is 5.42. The van der Waals surface area contributed by atoms with Crippen LogP contribution in [0, 0.1) is 5.82 Å². The van der Waals surface area contributed by atoms with Crippen LogP contribution >= 0.6 is 22.9 Å². The van der Waals surface area contributed by atoms with E-state index < -0.39 is 23.7 Å². The smallest absolute Gasteiger partial charge is 0.279 e. The molecule has 1 unspecified atom stereocenters. The van der Waals surface area contributed by atoms with Crippen molar-refractivity contribution in [3.8, 4) is 5.75 Å². The molecule has 5 nitrogen and oxygen atoms in total. The van der Waals surface area contributed by atoms with E-state index in [4.69, 9.17) is 16.3 Å². The number of benzene rings is 2. The molecule has 2 aromatic carbocycles. The maximum absolute atomic E-state index is 13.6. The van der Waals surface area contributed by atoms with Crippen molar-refractivity contribution in [1.82, 2.24) is 10.9 Å². The van der Waals surface area contributed by atoms with Crippen LogP contribution < -0.4 is 15.6 Å².